The Morgan fingerprint density at radius 2 is 2.03 bits per heavy atom. The number of aromatic amines is 2. The summed E-state index contributed by atoms with van der Waals surface area (Å²) < 4.78 is 16.0. The summed E-state index contributed by atoms with van der Waals surface area (Å²) in [5.74, 6) is 0.321. The molecule has 0 spiro atoms. The lowest BCUT2D eigenvalue weighted by Gasteiger charge is -2.16. The van der Waals surface area contributed by atoms with Crippen LogP contribution < -0.4 is 5.32 Å². The van der Waals surface area contributed by atoms with Gasteiger partial charge in [-0.05, 0) is 48.1 Å². The van der Waals surface area contributed by atoms with E-state index in [4.69, 9.17) is 4.98 Å². The maximum absolute atomic E-state index is 16.0. The summed E-state index contributed by atoms with van der Waals surface area (Å²) in [5.41, 5.74) is 4.77. The summed E-state index contributed by atoms with van der Waals surface area (Å²) in [7, 11) is 0. The molecule has 6 rings (SSSR count). The Kier molecular flexibility index (Phi) is 5.90. The van der Waals surface area contributed by atoms with Crippen LogP contribution >= 0.6 is 11.3 Å². The van der Waals surface area contributed by atoms with Crippen molar-refractivity contribution in [3.63, 3.8) is 0 Å². The number of imidazole rings is 1. The first-order valence-electron chi connectivity index (χ1n) is 11.9. The summed E-state index contributed by atoms with van der Waals surface area (Å²) in [5, 5.41) is 22.9. The predicted octanol–water partition coefficient (Wildman–Crippen LogP) is 6.21. The molecule has 0 bridgehead atoms. The maximum Gasteiger partial charge on any atom is 0.161 e. The highest BCUT2D eigenvalue weighted by atomic mass is 32.1. The number of fused-ring (bicyclic) bond motifs is 2. The number of nitrogens with zero attached hydrogens (tertiary/aromatic N) is 4. The van der Waals surface area contributed by atoms with Crippen molar-refractivity contribution in [3.05, 3.63) is 66.2 Å². The Hall–Kier alpha value is -4.15. The lowest BCUT2D eigenvalue weighted by Crippen LogP contribution is -2.20. The topological polar surface area (TPSA) is 115 Å². The van der Waals surface area contributed by atoms with E-state index >= 15 is 4.39 Å². The number of hydrogen-bond acceptors (Lipinski definition) is 7. The molecule has 5 aromatic heterocycles. The molecule has 4 N–H and O–H groups in total. The number of H-pyrrole nitrogens is 2. The van der Waals surface area contributed by atoms with Gasteiger partial charge in [-0.25, -0.2) is 14.4 Å². The number of aliphatic hydroxyl groups excluding tert-OH is 1. The molecule has 0 radical (unpaired) electrons. The molecule has 1 aromatic carbocycles. The smallest absolute Gasteiger partial charge is 0.161 e. The fraction of sp³-hybridized carbons (Fsp3) is 0.185. The number of rotatable bonds is 7. The Labute approximate surface area is 215 Å². The van der Waals surface area contributed by atoms with E-state index in [0.29, 0.717) is 62.7 Å². The van der Waals surface area contributed by atoms with E-state index < -0.39 is 12.0 Å². The Morgan fingerprint density at radius 3 is 2.84 bits per heavy atom. The minimum Gasteiger partial charge on any atom is -0.374 e. The molecule has 0 saturated heterocycles. The largest absolute Gasteiger partial charge is 0.374 e. The lowest BCUT2D eigenvalue weighted by molar-refractivity contribution is 0.176. The van der Waals surface area contributed by atoms with Crippen LogP contribution in [-0.2, 0) is 0 Å². The zero-order chi connectivity index (χ0) is 25.5. The molecule has 0 aliphatic rings. The van der Waals surface area contributed by atoms with Crippen LogP contribution in [0, 0.1) is 11.7 Å². The highest BCUT2D eigenvalue weighted by molar-refractivity contribution is 7.13. The van der Waals surface area contributed by atoms with E-state index in [0.717, 1.165) is 10.4 Å². The van der Waals surface area contributed by atoms with Gasteiger partial charge in [-0.1, -0.05) is 19.9 Å². The Morgan fingerprint density at radius 1 is 1.14 bits per heavy atom. The van der Waals surface area contributed by atoms with E-state index in [-0.39, 0.29) is 0 Å². The van der Waals surface area contributed by atoms with Gasteiger partial charge in [0, 0.05) is 34.0 Å². The van der Waals surface area contributed by atoms with Crippen molar-refractivity contribution in [3.8, 4) is 33.1 Å². The van der Waals surface area contributed by atoms with E-state index in [1.54, 1.807) is 48.1 Å². The highest BCUT2D eigenvalue weighted by Gasteiger charge is 2.21. The van der Waals surface area contributed by atoms with Crippen LogP contribution in [0.1, 0.15) is 20.3 Å². The molecule has 0 saturated carbocycles. The molecule has 186 valence electrons. The minimum absolute atomic E-state index is 0.326. The number of nitrogens with one attached hydrogen (secondary N) is 3. The molecule has 0 fully saturated rings. The third kappa shape index (κ3) is 4.34. The van der Waals surface area contributed by atoms with Crippen molar-refractivity contribution in [2.24, 2.45) is 5.92 Å². The van der Waals surface area contributed by atoms with Crippen LogP contribution in [0.4, 0.5) is 10.1 Å². The van der Waals surface area contributed by atoms with Crippen LogP contribution in [0.5, 0.6) is 0 Å². The second-order valence-corrected chi connectivity index (χ2v) is 10.2. The second-order valence-electron chi connectivity index (χ2n) is 9.29. The number of aliphatic hydroxyl groups is 1. The van der Waals surface area contributed by atoms with Crippen molar-refractivity contribution in [2.45, 2.75) is 26.5 Å². The molecular weight excluding hydrogens is 489 g/mol. The minimum atomic E-state index is -0.717. The van der Waals surface area contributed by atoms with E-state index in [9.17, 15) is 5.11 Å². The fourth-order valence-electron chi connectivity index (χ4n) is 4.48. The van der Waals surface area contributed by atoms with Gasteiger partial charge in [-0.3, -0.25) is 10.1 Å². The molecule has 6 aromatic rings. The number of anilines is 1. The SMILES string of the molecule is CC(C)CC(O)Nc1cncc(-c2ccc3[nH]nc(-c4nc5c(-c6cccs6)ccnc5[nH]4)c3c2F)c1. The zero-order valence-corrected chi connectivity index (χ0v) is 21.0. The quantitative estimate of drug-likeness (QED) is 0.189. The van der Waals surface area contributed by atoms with E-state index in [1.165, 1.54) is 0 Å². The molecule has 1 unspecified atom stereocenters. The first kappa shape index (κ1) is 23.3. The van der Waals surface area contributed by atoms with Crippen LogP contribution in [0.2, 0.25) is 0 Å². The number of hydrogen-bond donors (Lipinski definition) is 4. The van der Waals surface area contributed by atoms with Gasteiger partial charge in [0.25, 0.3) is 0 Å². The molecule has 5 heterocycles. The standard InChI is InChI=1S/C27H24FN7OS/c1-14(2)10-21(36)31-16-11-15(12-29-13-16)17-5-6-19-22(23(17)28)25(35-34-19)27-32-24-18(20-4-3-9-37-20)7-8-30-26(24)33-27/h3-9,11-14,21,31,36H,10H2,1-2H3,(H,34,35)(H,30,32,33). The summed E-state index contributed by atoms with van der Waals surface area (Å²) in [6.45, 7) is 4.07. The second kappa shape index (κ2) is 9.38. The Bertz CT molecular complexity index is 1710. The number of benzene rings is 1. The molecule has 0 aliphatic carbocycles. The molecular formula is C27H24FN7OS. The van der Waals surface area contributed by atoms with Crippen LogP contribution in [0.3, 0.4) is 0 Å². The van der Waals surface area contributed by atoms with Gasteiger partial charge in [0.1, 0.15) is 23.3 Å². The van der Waals surface area contributed by atoms with E-state index in [2.05, 4.69) is 30.5 Å². The molecule has 0 aliphatic heterocycles. The maximum atomic E-state index is 16.0. The summed E-state index contributed by atoms with van der Waals surface area (Å²) in [6, 6.07) is 11.2. The number of pyridine rings is 2. The summed E-state index contributed by atoms with van der Waals surface area (Å²) >= 11 is 1.62. The molecule has 0 amide bonds. The normalized spacial score (nSPS) is 12.6. The summed E-state index contributed by atoms with van der Waals surface area (Å²) in [4.78, 5) is 17.7. The van der Waals surface area contributed by atoms with Crippen molar-refractivity contribution in [1.82, 2.24) is 30.1 Å². The average Bonchev–Trinajstić information content (AvgIpc) is 3.62. The lowest BCUT2D eigenvalue weighted by atomic mass is 10.0. The molecule has 1 atom stereocenters. The van der Waals surface area contributed by atoms with Gasteiger partial charge in [0.05, 0.1) is 22.8 Å². The Balaban J connectivity index is 1.42. The van der Waals surface area contributed by atoms with Crippen LogP contribution in [-0.4, -0.2) is 41.5 Å². The van der Waals surface area contributed by atoms with Crippen LogP contribution in [0.25, 0.3) is 55.2 Å². The number of halogens is 1. The van der Waals surface area contributed by atoms with Gasteiger partial charge in [-0.2, -0.15) is 5.10 Å². The van der Waals surface area contributed by atoms with Crippen molar-refractivity contribution < 1.29 is 9.50 Å². The van der Waals surface area contributed by atoms with E-state index in [1.807, 2.05) is 37.4 Å². The van der Waals surface area contributed by atoms with Crippen molar-refractivity contribution in [1.29, 1.82) is 0 Å². The number of thiophene rings is 1. The van der Waals surface area contributed by atoms with Crippen LogP contribution in [0.15, 0.2) is 60.4 Å². The zero-order valence-electron chi connectivity index (χ0n) is 20.2. The van der Waals surface area contributed by atoms with Crippen molar-refractivity contribution >= 4 is 39.1 Å². The first-order chi connectivity index (χ1) is 18.0. The average molecular weight is 514 g/mol. The molecule has 37 heavy (non-hydrogen) atoms. The monoisotopic (exact) mass is 513 g/mol. The third-order valence-electron chi connectivity index (χ3n) is 6.14. The summed E-state index contributed by atoms with van der Waals surface area (Å²) in [6.07, 6.45) is 4.81. The molecule has 8 nitrogen and oxygen atoms in total. The van der Waals surface area contributed by atoms with Gasteiger partial charge in [-0.15, -0.1) is 11.3 Å². The predicted molar refractivity (Wildman–Crippen MR) is 145 cm³/mol. The van der Waals surface area contributed by atoms with Gasteiger partial charge < -0.3 is 15.4 Å². The van der Waals surface area contributed by atoms with Gasteiger partial charge >= 0.3 is 0 Å². The first-order valence-corrected chi connectivity index (χ1v) is 12.8. The highest BCUT2D eigenvalue weighted by Crippen LogP contribution is 2.36. The van der Waals surface area contributed by atoms with Gasteiger partial charge in [0.15, 0.2) is 11.5 Å². The fourth-order valence-corrected chi connectivity index (χ4v) is 5.24. The number of aromatic nitrogens is 6. The van der Waals surface area contributed by atoms with Gasteiger partial charge in [0.2, 0.25) is 0 Å². The molecule has 10 heteroatoms. The van der Waals surface area contributed by atoms with Crippen molar-refractivity contribution in [2.75, 3.05) is 5.32 Å². The third-order valence-corrected chi connectivity index (χ3v) is 7.04.